The van der Waals surface area contributed by atoms with E-state index in [1.807, 2.05) is 4.90 Å². The van der Waals surface area contributed by atoms with E-state index in [-0.39, 0.29) is 0 Å². The van der Waals surface area contributed by atoms with Crippen LogP contribution >= 0.6 is 0 Å². The van der Waals surface area contributed by atoms with E-state index in [2.05, 4.69) is 34.0 Å². The standard InChI is InChI=1S/C17H28N6O2/c1-3-21(4-2)10-6-9-18-15(24)16(25)22-11-13-23(14-12-22)17-19-7-5-8-20-17/h5,7-8H,3-4,6,9-14H2,1-2H3,(H,18,24). The zero-order valence-corrected chi connectivity index (χ0v) is 15.1. The number of carbonyl (C=O) groups excluding carboxylic acids is 2. The summed E-state index contributed by atoms with van der Waals surface area (Å²) in [5, 5.41) is 2.73. The third-order valence-electron chi connectivity index (χ3n) is 4.43. The van der Waals surface area contributed by atoms with Gasteiger partial charge in [-0.25, -0.2) is 9.97 Å². The maximum Gasteiger partial charge on any atom is 0.312 e. The summed E-state index contributed by atoms with van der Waals surface area (Å²) in [6.07, 6.45) is 4.25. The van der Waals surface area contributed by atoms with Gasteiger partial charge in [-0.15, -0.1) is 0 Å². The Hall–Kier alpha value is -2.22. The highest BCUT2D eigenvalue weighted by atomic mass is 16.2. The van der Waals surface area contributed by atoms with Crippen LogP contribution in [0.5, 0.6) is 0 Å². The molecule has 1 fully saturated rings. The third kappa shape index (κ3) is 5.67. The van der Waals surface area contributed by atoms with Crippen LogP contribution in [0.4, 0.5) is 5.95 Å². The largest absolute Gasteiger partial charge is 0.348 e. The lowest BCUT2D eigenvalue weighted by Gasteiger charge is -2.34. The van der Waals surface area contributed by atoms with Crippen molar-refractivity contribution in [3.05, 3.63) is 18.5 Å². The molecular weight excluding hydrogens is 320 g/mol. The fourth-order valence-electron chi connectivity index (χ4n) is 2.83. The molecule has 1 aromatic rings. The number of hydrogen-bond acceptors (Lipinski definition) is 6. The fraction of sp³-hybridized carbons (Fsp3) is 0.647. The third-order valence-corrected chi connectivity index (χ3v) is 4.43. The van der Waals surface area contributed by atoms with E-state index in [9.17, 15) is 9.59 Å². The Bertz CT molecular complexity index is 541. The highest BCUT2D eigenvalue weighted by Gasteiger charge is 2.26. The van der Waals surface area contributed by atoms with Gasteiger partial charge in [0, 0.05) is 45.1 Å². The smallest absolute Gasteiger partial charge is 0.312 e. The van der Waals surface area contributed by atoms with Crippen molar-refractivity contribution in [2.24, 2.45) is 0 Å². The minimum Gasteiger partial charge on any atom is -0.348 e. The molecule has 1 saturated heterocycles. The van der Waals surface area contributed by atoms with Crippen LogP contribution in [0, 0.1) is 0 Å². The van der Waals surface area contributed by atoms with Gasteiger partial charge in [0.25, 0.3) is 0 Å². The van der Waals surface area contributed by atoms with Crippen LogP contribution in [0.2, 0.25) is 0 Å². The Balaban J connectivity index is 1.70. The maximum atomic E-state index is 12.2. The molecule has 1 aliphatic heterocycles. The van der Waals surface area contributed by atoms with Crippen LogP contribution in [-0.4, -0.2) is 83.9 Å². The Kier molecular flexibility index (Phi) is 7.59. The Morgan fingerprint density at radius 1 is 1.12 bits per heavy atom. The molecule has 2 amide bonds. The van der Waals surface area contributed by atoms with Gasteiger partial charge >= 0.3 is 11.8 Å². The van der Waals surface area contributed by atoms with Gasteiger partial charge in [0.15, 0.2) is 0 Å². The predicted octanol–water partition coefficient (Wildman–Crippen LogP) is -0.0267. The molecule has 0 aromatic carbocycles. The van der Waals surface area contributed by atoms with Gasteiger partial charge in [0.2, 0.25) is 5.95 Å². The van der Waals surface area contributed by atoms with Crippen LogP contribution in [0.25, 0.3) is 0 Å². The number of anilines is 1. The SMILES string of the molecule is CCN(CC)CCCNC(=O)C(=O)N1CCN(c2ncccn2)CC1. The summed E-state index contributed by atoms with van der Waals surface area (Å²) in [6.45, 7) is 9.95. The van der Waals surface area contributed by atoms with Crippen molar-refractivity contribution in [2.45, 2.75) is 20.3 Å². The van der Waals surface area contributed by atoms with Gasteiger partial charge in [-0.1, -0.05) is 13.8 Å². The van der Waals surface area contributed by atoms with Crippen LogP contribution in [0.15, 0.2) is 18.5 Å². The highest BCUT2D eigenvalue weighted by Crippen LogP contribution is 2.09. The lowest BCUT2D eigenvalue weighted by molar-refractivity contribution is -0.146. The summed E-state index contributed by atoms with van der Waals surface area (Å²) in [5.74, 6) is -0.295. The van der Waals surface area contributed by atoms with Crippen molar-refractivity contribution in [2.75, 3.05) is 57.3 Å². The predicted molar refractivity (Wildman–Crippen MR) is 96.2 cm³/mol. The molecule has 0 aliphatic carbocycles. The monoisotopic (exact) mass is 348 g/mol. The number of rotatable bonds is 7. The first-order valence-corrected chi connectivity index (χ1v) is 8.97. The molecular formula is C17H28N6O2. The first kappa shape index (κ1) is 19.1. The molecule has 0 bridgehead atoms. The second-order valence-corrected chi connectivity index (χ2v) is 5.96. The molecule has 138 valence electrons. The fourth-order valence-corrected chi connectivity index (χ4v) is 2.83. The molecule has 1 N–H and O–H groups in total. The van der Waals surface area contributed by atoms with Gasteiger partial charge in [-0.2, -0.15) is 0 Å². The van der Waals surface area contributed by atoms with E-state index in [0.717, 1.165) is 26.1 Å². The normalized spacial score (nSPS) is 14.7. The molecule has 1 aromatic heterocycles. The molecule has 0 atom stereocenters. The summed E-state index contributed by atoms with van der Waals surface area (Å²) >= 11 is 0. The summed E-state index contributed by atoms with van der Waals surface area (Å²) in [5.41, 5.74) is 0. The van der Waals surface area contributed by atoms with Gasteiger partial charge in [-0.3, -0.25) is 9.59 Å². The number of hydrogen-bond donors (Lipinski definition) is 1. The van der Waals surface area contributed by atoms with Crippen molar-refractivity contribution in [1.82, 2.24) is 25.1 Å². The first-order valence-electron chi connectivity index (χ1n) is 8.97. The van der Waals surface area contributed by atoms with Crippen LogP contribution in [0.1, 0.15) is 20.3 Å². The molecule has 8 heteroatoms. The molecule has 1 aliphatic rings. The van der Waals surface area contributed by atoms with E-state index in [1.165, 1.54) is 0 Å². The topological polar surface area (TPSA) is 81.7 Å². The highest BCUT2D eigenvalue weighted by molar-refractivity contribution is 6.35. The first-order chi connectivity index (χ1) is 12.2. The molecule has 0 radical (unpaired) electrons. The van der Waals surface area contributed by atoms with E-state index < -0.39 is 11.8 Å². The second-order valence-electron chi connectivity index (χ2n) is 5.96. The van der Waals surface area contributed by atoms with Crippen molar-refractivity contribution in [3.8, 4) is 0 Å². The zero-order valence-electron chi connectivity index (χ0n) is 15.1. The van der Waals surface area contributed by atoms with Gasteiger partial charge < -0.3 is 20.0 Å². The number of piperazine rings is 1. The van der Waals surface area contributed by atoms with Crippen LogP contribution in [0.3, 0.4) is 0 Å². The average Bonchev–Trinajstić information content (AvgIpc) is 2.68. The Morgan fingerprint density at radius 3 is 2.36 bits per heavy atom. The summed E-state index contributed by atoms with van der Waals surface area (Å²) in [4.78, 5) is 38.6. The number of nitrogens with one attached hydrogen (secondary N) is 1. The lowest BCUT2D eigenvalue weighted by Crippen LogP contribution is -2.53. The molecule has 25 heavy (non-hydrogen) atoms. The van der Waals surface area contributed by atoms with E-state index in [0.29, 0.717) is 38.7 Å². The van der Waals surface area contributed by atoms with Crippen LogP contribution in [-0.2, 0) is 9.59 Å². The average molecular weight is 348 g/mol. The minimum atomic E-state index is -0.510. The van der Waals surface area contributed by atoms with E-state index in [4.69, 9.17) is 0 Å². The van der Waals surface area contributed by atoms with Gasteiger partial charge in [0.05, 0.1) is 0 Å². The second kappa shape index (κ2) is 9.93. The van der Waals surface area contributed by atoms with Crippen molar-refractivity contribution in [3.63, 3.8) is 0 Å². The molecule has 8 nitrogen and oxygen atoms in total. The van der Waals surface area contributed by atoms with E-state index >= 15 is 0 Å². The lowest BCUT2D eigenvalue weighted by atomic mass is 10.3. The van der Waals surface area contributed by atoms with Gasteiger partial charge in [0.1, 0.15) is 0 Å². The molecule has 0 unspecified atom stereocenters. The summed E-state index contributed by atoms with van der Waals surface area (Å²) < 4.78 is 0. The quantitative estimate of drug-likeness (QED) is 0.551. The van der Waals surface area contributed by atoms with Gasteiger partial charge in [-0.05, 0) is 32.1 Å². The number of nitrogens with zero attached hydrogens (tertiary/aromatic N) is 5. The van der Waals surface area contributed by atoms with E-state index in [1.54, 1.807) is 23.4 Å². The van der Waals surface area contributed by atoms with Crippen molar-refractivity contribution in [1.29, 1.82) is 0 Å². The summed E-state index contributed by atoms with van der Waals surface area (Å²) in [6, 6.07) is 1.77. The molecule has 0 saturated carbocycles. The number of carbonyl (C=O) groups is 2. The molecule has 2 rings (SSSR count). The van der Waals surface area contributed by atoms with Crippen LogP contribution < -0.4 is 10.2 Å². The summed E-state index contributed by atoms with van der Waals surface area (Å²) in [7, 11) is 0. The Morgan fingerprint density at radius 2 is 1.76 bits per heavy atom. The number of aromatic nitrogens is 2. The van der Waals surface area contributed by atoms with Crippen molar-refractivity contribution < 1.29 is 9.59 Å². The molecule has 0 spiro atoms. The Labute approximate surface area is 149 Å². The molecule has 2 heterocycles. The zero-order chi connectivity index (χ0) is 18.1. The minimum absolute atomic E-state index is 0.448. The maximum absolute atomic E-state index is 12.2. The van der Waals surface area contributed by atoms with Crippen molar-refractivity contribution >= 4 is 17.8 Å². The number of amides is 2.